The van der Waals surface area contributed by atoms with Gasteiger partial charge in [-0.3, -0.25) is 24.2 Å². The summed E-state index contributed by atoms with van der Waals surface area (Å²) in [5.74, 6) is -1.54. The Bertz CT molecular complexity index is 1490. The van der Waals surface area contributed by atoms with Gasteiger partial charge in [0.15, 0.2) is 0 Å². The topological polar surface area (TPSA) is 132 Å². The number of carbonyl (C=O) groups excluding carboxylic acids is 3. The minimum absolute atomic E-state index is 0.0304. The van der Waals surface area contributed by atoms with Crippen LogP contribution in [0.25, 0.3) is 0 Å². The van der Waals surface area contributed by atoms with Crippen molar-refractivity contribution in [3.63, 3.8) is 0 Å². The Morgan fingerprint density at radius 1 is 1.04 bits per heavy atom. The number of nitrogens with one attached hydrogen (secondary N) is 1. The van der Waals surface area contributed by atoms with Crippen molar-refractivity contribution in [2.75, 3.05) is 71.0 Å². The largest absolute Gasteiger partial charge is 0.468 e. The summed E-state index contributed by atoms with van der Waals surface area (Å²) in [6.07, 6.45) is -0.491. The van der Waals surface area contributed by atoms with Gasteiger partial charge in [-0.25, -0.2) is 9.18 Å². The van der Waals surface area contributed by atoms with Gasteiger partial charge in [0.05, 0.1) is 32.3 Å². The minimum Gasteiger partial charge on any atom is -0.468 e. The Hall–Kier alpha value is -4.07. The minimum atomic E-state index is -1.15. The quantitative estimate of drug-likeness (QED) is 0.391. The zero-order chi connectivity index (χ0) is 33.9. The van der Waals surface area contributed by atoms with Crippen molar-refractivity contribution in [1.82, 2.24) is 20.0 Å². The van der Waals surface area contributed by atoms with E-state index in [1.54, 1.807) is 24.0 Å². The molecule has 3 heterocycles. The molecule has 0 bridgehead atoms. The van der Waals surface area contributed by atoms with Crippen molar-refractivity contribution in [2.24, 2.45) is 0 Å². The lowest BCUT2D eigenvalue weighted by Gasteiger charge is -2.47. The average molecular weight is 654 g/mol. The molecule has 3 amide bonds. The van der Waals surface area contributed by atoms with E-state index < -0.39 is 23.4 Å². The number of anilines is 1. The normalized spacial score (nSPS) is 24.9. The molecular formula is C34H44FN5O7. The third-order valence-corrected chi connectivity index (χ3v) is 9.66. The maximum atomic E-state index is 14.3. The third-order valence-electron chi connectivity index (χ3n) is 9.66. The molecule has 13 heteroatoms. The maximum absolute atomic E-state index is 14.3. The molecule has 2 saturated heterocycles. The van der Waals surface area contributed by atoms with Crippen LogP contribution in [0, 0.1) is 5.82 Å². The molecular weight excluding hydrogens is 609 g/mol. The summed E-state index contributed by atoms with van der Waals surface area (Å²) in [5, 5.41) is 12.6. The lowest BCUT2D eigenvalue weighted by Crippen LogP contribution is -2.64. The molecule has 0 radical (unpaired) electrons. The van der Waals surface area contributed by atoms with Crippen LogP contribution < -0.4 is 10.2 Å². The first-order valence-electron chi connectivity index (χ1n) is 16.0. The first-order valence-corrected chi connectivity index (χ1v) is 16.0. The molecule has 254 valence electrons. The molecule has 3 aliphatic rings. The molecule has 5 rings (SSSR count). The summed E-state index contributed by atoms with van der Waals surface area (Å²) in [4.78, 5) is 59.2. The zero-order valence-electron chi connectivity index (χ0n) is 27.4. The molecule has 2 N–H and O–H groups in total. The number of ether oxygens (including phenoxy) is 2. The van der Waals surface area contributed by atoms with E-state index >= 15 is 0 Å². The number of rotatable bonds is 9. The van der Waals surface area contributed by atoms with Gasteiger partial charge in [0.1, 0.15) is 12.4 Å². The van der Waals surface area contributed by atoms with Gasteiger partial charge in [0.25, 0.3) is 0 Å². The van der Waals surface area contributed by atoms with E-state index in [2.05, 4.69) is 22.0 Å². The number of halogens is 1. The van der Waals surface area contributed by atoms with E-state index in [0.717, 1.165) is 17.7 Å². The Labute approximate surface area is 274 Å². The number of hydrogen-bond donors (Lipinski definition) is 2. The summed E-state index contributed by atoms with van der Waals surface area (Å²) in [5.41, 5.74) is 1.88. The second kappa shape index (κ2) is 14.4. The number of methoxy groups -OCH3 is 1. The van der Waals surface area contributed by atoms with Crippen molar-refractivity contribution in [3.05, 3.63) is 65.0 Å². The highest BCUT2D eigenvalue weighted by molar-refractivity contribution is 6.03. The Morgan fingerprint density at radius 2 is 1.77 bits per heavy atom. The van der Waals surface area contributed by atoms with Crippen LogP contribution in [-0.2, 0) is 35.7 Å². The van der Waals surface area contributed by atoms with Gasteiger partial charge in [0.2, 0.25) is 11.8 Å². The monoisotopic (exact) mass is 653 g/mol. The molecule has 0 aromatic heterocycles. The number of nitrogens with zero attached hydrogens (tertiary/aromatic N) is 4. The van der Waals surface area contributed by atoms with Crippen molar-refractivity contribution in [1.29, 1.82) is 0 Å². The Balaban J connectivity index is 1.42. The molecule has 1 unspecified atom stereocenters. The highest BCUT2D eigenvalue weighted by atomic mass is 19.1. The van der Waals surface area contributed by atoms with E-state index in [1.165, 1.54) is 24.1 Å². The van der Waals surface area contributed by atoms with Crippen LogP contribution >= 0.6 is 0 Å². The molecule has 2 aromatic carbocycles. The average Bonchev–Trinajstić information content (AvgIpc) is 3.35. The van der Waals surface area contributed by atoms with Crippen molar-refractivity contribution >= 4 is 29.6 Å². The molecule has 4 atom stereocenters. The van der Waals surface area contributed by atoms with E-state index in [0.29, 0.717) is 44.0 Å². The fourth-order valence-corrected chi connectivity index (χ4v) is 6.84. The molecule has 12 nitrogen and oxygen atoms in total. The van der Waals surface area contributed by atoms with Crippen LogP contribution in [0.2, 0.25) is 0 Å². The molecule has 2 fully saturated rings. The number of benzene rings is 2. The number of amides is 3. The van der Waals surface area contributed by atoms with E-state index in [-0.39, 0.29) is 56.0 Å². The molecule has 2 aromatic rings. The van der Waals surface area contributed by atoms with Gasteiger partial charge < -0.3 is 29.7 Å². The lowest BCUT2D eigenvalue weighted by atomic mass is 9.83. The van der Waals surface area contributed by atoms with E-state index in [4.69, 9.17) is 9.47 Å². The number of fused-ring (bicyclic) bond motifs is 1. The predicted molar refractivity (Wildman–Crippen MR) is 172 cm³/mol. The van der Waals surface area contributed by atoms with Crippen LogP contribution in [0.1, 0.15) is 37.5 Å². The third kappa shape index (κ3) is 7.58. The fraction of sp³-hybridized carbons (Fsp3) is 0.529. The summed E-state index contributed by atoms with van der Waals surface area (Å²) >= 11 is 0. The summed E-state index contributed by atoms with van der Waals surface area (Å²) in [7, 11) is 1.24. The van der Waals surface area contributed by atoms with Crippen LogP contribution in [0.15, 0.2) is 42.5 Å². The van der Waals surface area contributed by atoms with Crippen molar-refractivity contribution in [2.45, 2.75) is 50.7 Å². The van der Waals surface area contributed by atoms with Crippen LogP contribution in [0.3, 0.4) is 0 Å². The number of carbonyl (C=O) groups is 4. The molecule has 0 aliphatic carbocycles. The first kappa shape index (κ1) is 34.3. The first-order chi connectivity index (χ1) is 22.4. The maximum Gasteiger partial charge on any atom is 0.407 e. The van der Waals surface area contributed by atoms with Crippen molar-refractivity contribution in [3.8, 4) is 0 Å². The van der Waals surface area contributed by atoms with E-state index in [1.807, 2.05) is 25.1 Å². The molecule has 47 heavy (non-hydrogen) atoms. The standard InChI is InChI=1S/C34H44FN5O7/c1-22-16-38(27(18-39(22)33(44)45)17-37-11-12-47-20-23(37)2)19-30(41)40-21-34(3,32(43)36-15-31(42)46-4)28-10-7-25(14-29(28)40)13-24-5-8-26(35)9-6-24/h5-10,14,22-23,27H,11-13,15-21H2,1-4H3,(H,36,43)(H,44,45)/t22-,23-,27+,34?/m1/s1. The molecule has 0 saturated carbocycles. The Kier molecular flexibility index (Phi) is 10.5. The summed E-state index contributed by atoms with van der Waals surface area (Å²) in [6, 6.07) is 11.5. The van der Waals surface area contributed by atoms with Gasteiger partial charge in [-0.15, -0.1) is 0 Å². The smallest absolute Gasteiger partial charge is 0.407 e. The Morgan fingerprint density at radius 3 is 2.45 bits per heavy atom. The number of hydrogen-bond acceptors (Lipinski definition) is 8. The molecule has 3 aliphatic heterocycles. The lowest BCUT2D eigenvalue weighted by molar-refractivity contribution is -0.141. The molecule has 0 spiro atoms. The fourth-order valence-electron chi connectivity index (χ4n) is 6.84. The highest BCUT2D eigenvalue weighted by Gasteiger charge is 2.47. The van der Waals surface area contributed by atoms with Crippen molar-refractivity contribution < 1.29 is 38.1 Å². The van der Waals surface area contributed by atoms with Gasteiger partial charge in [0, 0.05) is 56.5 Å². The van der Waals surface area contributed by atoms with Crippen LogP contribution in [0.4, 0.5) is 14.9 Å². The summed E-state index contributed by atoms with van der Waals surface area (Å²) in [6.45, 7) is 8.59. The van der Waals surface area contributed by atoms with Gasteiger partial charge in [-0.1, -0.05) is 24.3 Å². The number of esters is 1. The zero-order valence-corrected chi connectivity index (χ0v) is 27.4. The predicted octanol–water partition coefficient (Wildman–Crippen LogP) is 2.08. The van der Waals surface area contributed by atoms with Crippen LogP contribution in [-0.4, -0.2) is 128 Å². The van der Waals surface area contributed by atoms with Gasteiger partial charge in [-0.2, -0.15) is 0 Å². The van der Waals surface area contributed by atoms with Crippen LogP contribution in [0.5, 0.6) is 0 Å². The van der Waals surface area contributed by atoms with Gasteiger partial charge in [-0.05, 0) is 62.1 Å². The van der Waals surface area contributed by atoms with E-state index in [9.17, 15) is 28.7 Å². The highest BCUT2D eigenvalue weighted by Crippen LogP contribution is 2.42. The van der Waals surface area contributed by atoms with Gasteiger partial charge >= 0.3 is 12.1 Å². The number of carboxylic acid groups (broad SMARTS) is 1. The second-order valence-corrected chi connectivity index (χ2v) is 13.0. The number of piperazine rings is 1. The SMILES string of the molecule is COC(=O)CNC(=O)C1(C)CN(C(=O)CN2C[C@@H](C)N(C(=O)O)C[C@@H]2CN2CCOC[C@H]2C)c2cc(Cc3ccc(F)cc3)ccc21. The number of morpholine rings is 1. The second-order valence-electron chi connectivity index (χ2n) is 13.0. The summed E-state index contributed by atoms with van der Waals surface area (Å²) < 4.78 is 23.8.